The maximum Gasteiger partial charge on any atom is 0.343 e. The van der Waals surface area contributed by atoms with Crippen LogP contribution in [0, 0.1) is 0 Å². The minimum Gasteiger partial charge on any atom is -0.440 e. The van der Waals surface area contributed by atoms with Crippen LogP contribution in [0.2, 0.25) is 0 Å². The average molecular weight is 277 g/mol. The second kappa shape index (κ2) is 4.47. The van der Waals surface area contributed by atoms with Crippen LogP contribution < -0.4 is 11.4 Å². The van der Waals surface area contributed by atoms with Crippen molar-refractivity contribution in [1.82, 2.24) is 19.7 Å². The highest BCUT2D eigenvalue weighted by molar-refractivity contribution is 7.98. The van der Waals surface area contributed by atoms with E-state index in [1.54, 1.807) is 13.1 Å². The molecule has 3 aromatic rings. The molecule has 3 rings (SSSR count). The van der Waals surface area contributed by atoms with Crippen molar-refractivity contribution < 1.29 is 4.42 Å². The molecule has 3 N–H and O–H groups in total. The highest BCUT2D eigenvalue weighted by Gasteiger charge is 2.11. The van der Waals surface area contributed by atoms with Gasteiger partial charge in [-0.1, -0.05) is 17.8 Å². The second-order valence-electron chi connectivity index (χ2n) is 3.96. The third kappa shape index (κ3) is 2.10. The monoisotopic (exact) mass is 277 g/mol. The van der Waals surface area contributed by atoms with Crippen molar-refractivity contribution in [3.8, 4) is 0 Å². The third-order valence-electron chi connectivity index (χ3n) is 2.66. The molecule has 19 heavy (non-hydrogen) atoms. The number of nitrogens with zero attached hydrogens (tertiary/aromatic N) is 3. The van der Waals surface area contributed by atoms with Crippen LogP contribution in [0.4, 0.5) is 5.69 Å². The van der Waals surface area contributed by atoms with E-state index in [4.69, 9.17) is 10.2 Å². The third-order valence-corrected chi connectivity index (χ3v) is 3.67. The molecule has 2 heterocycles. The molecule has 0 spiro atoms. The number of anilines is 1. The Bertz CT molecular complexity index is 788. The number of benzene rings is 1. The van der Waals surface area contributed by atoms with Crippen LogP contribution in [0.3, 0.4) is 0 Å². The number of rotatable bonds is 3. The van der Waals surface area contributed by atoms with Gasteiger partial charge in [-0.2, -0.15) is 0 Å². The normalized spacial score (nSPS) is 11.2. The summed E-state index contributed by atoms with van der Waals surface area (Å²) >= 11 is 1.37. The lowest BCUT2D eigenvalue weighted by Gasteiger charge is -1.95. The first-order chi connectivity index (χ1) is 9.15. The van der Waals surface area contributed by atoms with Crippen LogP contribution in [0.5, 0.6) is 0 Å². The van der Waals surface area contributed by atoms with Crippen LogP contribution in [0.1, 0.15) is 5.89 Å². The lowest BCUT2D eigenvalue weighted by Crippen LogP contribution is -2.12. The number of aromatic amines is 1. The molecule has 2 aromatic heterocycles. The Balaban J connectivity index is 1.84. The van der Waals surface area contributed by atoms with Crippen molar-refractivity contribution in [1.29, 1.82) is 0 Å². The van der Waals surface area contributed by atoms with Gasteiger partial charge in [-0.15, -0.1) is 5.10 Å². The fraction of sp³-hybridized carbons (Fsp3) is 0.182. The van der Waals surface area contributed by atoms with E-state index in [1.165, 1.54) is 16.3 Å². The lowest BCUT2D eigenvalue weighted by atomic mass is 10.3. The summed E-state index contributed by atoms with van der Waals surface area (Å²) in [6.45, 7) is 0. The summed E-state index contributed by atoms with van der Waals surface area (Å²) in [6.07, 6.45) is 0. The molecular weight excluding hydrogens is 266 g/mol. The average Bonchev–Trinajstić information content (AvgIpc) is 2.94. The lowest BCUT2D eigenvalue weighted by molar-refractivity contribution is 0.555. The second-order valence-corrected chi connectivity index (χ2v) is 4.90. The molecule has 0 saturated carbocycles. The molecule has 0 aliphatic rings. The van der Waals surface area contributed by atoms with Gasteiger partial charge in [0.15, 0.2) is 10.7 Å². The Morgan fingerprint density at radius 1 is 1.53 bits per heavy atom. The molecule has 98 valence electrons. The van der Waals surface area contributed by atoms with Gasteiger partial charge in [-0.3, -0.25) is 4.57 Å². The van der Waals surface area contributed by atoms with Crippen LogP contribution in [-0.4, -0.2) is 19.7 Å². The van der Waals surface area contributed by atoms with Gasteiger partial charge in [0.1, 0.15) is 5.52 Å². The number of fused-ring (bicyclic) bond motifs is 1. The zero-order valence-electron chi connectivity index (χ0n) is 10.1. The standard InChI is InChI=1S/C11H11N5O2S/c1-16-10(17)14-15-11(16)19-5-8-13-9-6(12)3-2-4-7(9)18-8/h2-4H,5,12H2,1H3,(H,14,17). The summed E-state index contributed by atoms with van der Waals surface area (Å²) in [5.74, 6) is 1.03. The van der Waals surface area contributed by atoms with Crippen molar-refractivity contribution in [3.05, 3.63) is 34.6 Å². The first-order valence-corrected chi connectivity index (χ1v) is 6.52. The molecular formula is C11H11N5O2S. The molecule has 0 saturated heterocycles. The molecule has 0 amide bonds. The van der Waals surface area contributed by atoms with E-state index < -0.39 is 0 Å². The maximum atomic E-state index is 11.2. The number of nitrogen functional groups attached to an aromatic ring is 1. The van der Waals surface area contributed by atoms with Gasteiger partial charge in [-0.25, -0.2) is 14.9 Å². The van der Waals surface area contributed by atoms with Crippen molar-refractivity contribution in [3.63, 3.8) is 0 Å². The Morgan fingerprint density at radius 2 is 2.37 bits per heavy atom. The summed E-state index contributed by atoms with van der Waals surface area (Å²) < 4.78 is 7.01. The predicted octanol–water partition coefficient (Wildman–Crippen LogP) is 1.12. The number of aromatic nitrogens is 4. The van der Waals surface area contributed by atoms with Crippen molar-refractivity contribution in [2.45, 2.75) is 10.9 Å². The quantitative estimate of drug-likeness (QED) is 0.549. The Kier molecular flexibility index (Phi) is 2.79. The van der Waals surface area contributed by atoms with E-state index in [0.717, 1.165) is 0 Å². The molecule has 0 fully saturated rings. The molecule has 0 bridgehead atoms. The smallest absolute Gasteiger partial charge is 0.343 e. The van der Waals surface area contributed by atoms with Gasteiger partial charge in [-0.05, 0) is 12.1 Å². The Morgan fingerprint density at radius 3 is 3.05 bits per heavy atom. The number of nitrogens with one attached hydrogen (secondary N) is 1. The Labute approximate surface area is 111 Å². The van der Waals surface area contributed by atoms with Crippen LogP contribution in [-0.2, 0) is 12.8 Å². The van der Waals surface area contributed by atoms with Gasteiger partial charge in [0.25, 0.3) is 0 Å². The van der Waals surface area contributed by atoms with Gasteiger partial charge >= 0.3 is 5.69 Å². The summed E-state index contributed by atoms with van der Waals surface area (Å²) in [5.41, 5.74) is 7.47. The van der Waals surface area contributed by atoms with E-state index in [9.17, 15) is 4.79 Å². The Hall–Kier alpha value is -2.22. The number of H-pyrrole nitrogens is 1. The van der Waals surface area contributed by atoms with Crippen LogP contribution in [0.25, 0.3) is 11.1 Å². The maximum absolute atomic E-state index is 11.2. The molecule has 0 radical (unpaired) electrons. The molecule has 8 heteroatoms. The topological polar surface area (TPSA) is 103 Å². The fourth-order valence-electron chi connectivity index (χ4n) is 1.67. The number of thioether (sulfide) groups is 1. The highest BCUT2D eigenvalue weighted by atomic mass is 32.2. The predicted molar refractivity (Wildman–Crippen MR) is 71.8 cm³/mol. The van der Waals surface area contributed by atoms with Crippen molar-refractivity contribution in [2.75, 3.05) is 5.73 Å². The van der Waals surface area contributed by atoms with Crippen LogP contribution >= 0.6 is 11.8 Å². The van der Waals surface area contributed by atoms with Crippen LogP contribution in [0.15, 0.2) is 32.6 Å². The first kappa shape index (κ1) is 11.8. The van der Waals surface area contributed by atoms with Crippen molar-refractivity contribution in [2.24, 2.45) is 7.05 Å². The number of hydrogen-bond donors (Lipinski definition) is 2. The summed E-state index contributed by atoms with van der Waals surface area (Å²) in [5, 5.41) is 6.85. The van der Waals surface area contributed by atoms with E-state index in [2.05, 4.69) is 15.2 Å². The minimum atomic E-state index is -0.246. The largest absolute Gasteiger partial charge is 0.440 e. The summed E-state index contributed by atoms with van der Waals surface area (Å²) in [7, 11) is 1.65. The fourth-order valence-corrected chi connectivity index (χ4v) is 2.43. The minimum absolute atomic E-state index is 0.246. The zero-order chi connectivity index (χ0) is 13.4. The van der Waals surface area contributed by atoms with E-state index >= 15 is 0 Å². The van der Waals surface area contributed by atoms with Gasteiger partial charge < -0.3 is 10.2 Å². The highest BCUT2D eigenvalue weighted by Crippen LogP contribution is 2.25. The SMILES string of the molecule is Cn1c(SCc2nc3c(N)cccc3o2)n[nH]c1=O. The number of hydrogen-bond acceptors (Lipinski definition) is 6. The molecule has 0 unspecified atom stereocenters. The van der Waals surface area contributed by atoms with Gasteiger partial charge in [0.2, 0.25) is 5.89 Å². The van der Waals surface area contributed by atoms with Gasteiger partial charge in [0.05, 0.1) is 11.4 Å². The number of para-hydroxylation sites is 1. The summed E-state index contributed by atoms with van der Waals surface area (Å²) in [4.78, 5) is 15.5. The first-order valence-electron chi connectivity index (χ1n) is 5.53. The number of nitrogens with two attached hydrogens (primary N) is 1. The molecule has 7 nitrogen and oxygen atoms in total. The van der Waals surface area contributed by atoms with E-state index in [-0.39, 0.29) is 5.69 Å². The van der Waals surface area contributed by atoms with Crippen molar-refractivity contribution >= 4 is 28.5 Å². The summed E-state index contributed by atoms with van der Waals surface area (Å²) in [6, 6.07) is 5.41. The molecule has 1 aromatic carbocycles. The molecule has 0 aliphatic heterocycles. The molecule has 0 aliphatic carbocycles. The van der Waals surface area contributed by atoms with E-state index in [0.29, 0.717) is 33.6 Å². The molecule has 0 atom stereocenters. The zero-order valence-corrected chi connectivity index (χ0v) is 10.9. The van der Waals surface area contributed by atoms with E-state index in [1.807, 2.05) is 12.1 Å². The number of oxazole rings is 1. The van der Waals surface area contributed by atoms with Gasteiger partial charge in [0, 0.05) is 7.05 Å².